The Balaban J connectivity index is 1.80. The molecule has 3 rings (SSSR count). The highest BCUT2D eigenvalue weighted by Gasteiger charge is 2.19. The summed E-state index contributed by atoms with van der Waals surface area (Å²) < 4.78 is 41.5. The molecule has 0 unspecified atom stereocenters. The van der Waals surface area contributed by atoms with Gasteiger partial charge in [-0.05, 0) is 36.1 Å². The van der Waals surface area contributed by atoms with E-state index in [0.717, 1.165) is 24.1 Å². The fourth-order valence-corrected chi connectivity index (χ4v) is 3.32. The van der Waals surface area contributed by atoms with Crippen LogP contribution >= 0.6 is 0 Å². The van der Waals surface area contributed by atoms with Crippen LogP contribution in [-0.4, -0.2) is 23.4 Å². The topological polar surface area (TPSA) is 80.2 Å². The number of carbonyl (C=O) groups is 2. The van der Waals surface area contributed by atoms with Gasteiger partial charge in [0.05, 0.1) is 0 Å². The SMILES string of the molecule is CNC(=O)c1cn(CCCc2ccccc2)cc(C(=O)NCc2cc(F)c(F)c(F)c2)c1=O. The van der Waals surface area contributed by atoms with E-state index in [0.29, 0.717) is 13.0 Å². The molecule has 0 saturated carbocycles. The van der Waals surface area contributed by atoms with Crippen LogP contribution in [0, 0.1) is 17.5 Å². The lowest BCUT2D eigenvalue weighted by Gasteiger charge is -2.12. The van der Waals surface area contributed by atoms with Crippen LogP contribution in [0.1, 0.15) is 38.3 Å². The van der Waals surface area contributed by atoms with Gasteiger partial charge >= 0.3 is 0 Å². The second-order valence-electron chi connectivity index (χ2n) is 7.38. The average Bonchev–Trinajstić information content (AvgIpc) is 2.81. The summed E-state index contributed by atoms with van der Waals surface area (Å²) in [5.41, 5.74) is -0.169. The van der Waals surface area contributed by atoms with Crippen LogP contribution < -0.4 is 16.1 Å². The van der Waals surface area contributed by atoms with Crippen molar-refractivity contribution < 1.29 is 22.8 Å². The molecule has 3 aromatic rings. The lowest BCUT2D eigenvalue weighted by molar-refractivity contribution is 0.0948. The summed E-state index contributed by atoms with van der Waals surface area (Å²) in [6.45, 7) is 0.0957. The summed E-state index contributed by atoms with van der Waals surface area (Å²) in [6.07, 6.45) is 4.16. The maximum absolute atomic E-state index is 13.4. The molecule has 0 aliphatic rings. The van der Waals surface area contributed by atoms with Gasteiger partial charge in [0.2, 0.25) is 5.43 Å². The Morgan fingerprint density at radius 1 is 0.909 bits per heavy atom. The predicted molar refractivity (Wildman–Crippen MR) is 116 cm³/mol. The lowest BCUT2D eigenvalue weighted by atomic mass is 10.1. The van der Waals surface area contributed by atoms with Gasteiger partial charge in [0.25, 0.3) is 11.8 Å². The van der Waals surface area contributed by atoms with Crippen molar-refractivity contribution in [2.24, 2.45) is 0 Å². The molecule has 1 heterocycles. The van der Waals surface area contributed by atoms with E-state index in [-0.39, 0.29) is 23.2 Å². The minimum Gasteiger partial charge on any atom is -0.355 e. The van der Waals surface area contributed by atoms with Crippen LogP contribution in [0.15, 0.2) is 59.7 Å². The van der Waals surface area contributed by atoms with Crippen molar-refractivity contribution in [1.29, 1.82) is 0 Å². The number of benzene rings is 2. The van der Waals surface area contributed by atoms with Crippen molar-refractivity contribution in [3.8, 4) is 0 Å². The summed E-state index contributed by atoms with van der Waals surface area (Å²) in [4.78, 5) is 37.6. The van der Waals surface area contributed by atoms with Gasteiger partial charge in [0.15, 0.2) is 17.5 Å². The largest absolute Gasteiger partial charge is 0.355 e. The summed E-state index contributed by atoms with van der Waals surface area (Å²) in [5.74, 6) is -5.85. The van der Waals surface area contributed by atoms with E-state index in [9.17, 15) is 27.6 Å². The van der Waals surface area contributed by atoms with E-state index in [1.54, 1.807) is 4.57 Å². The maximum Gasteiger partial charge on any atom is 0.257 e. The minimum atomic E-state index is -1.61. The van der Waals surface area contributed by atoms with Crippen LogP contribution in [0.4, 0.5) is 13.2 Å². The highest BCUT2D eigenvalue weighted by Crippen LogP contribution is 2.13. The zero-order chi connectivity index (χ0) is 24.0. The number of carbonyl (C=O) groups excluding carboxylic acids is 2. The number of amides is 2. The Hall–Kier alpha value is -3.88. The zero-order valence-corrected chi connectivity index (χ0v) is 17.8. The number of rotatable bonds is 8. The quantitative estimate of drug-likeness (QED) is 0.510. The molecule has 0 aliphatic carbocycles. The van der Waals surface area contributed by atoms with Gasteiger partial charge in [-0.25, -0.2) is 13.2 Å². The van der Waals surface area contributed by atoms with Gasteiger partial charge in [-0.1, -0.05) is 30.3 Å². The Kier molecular flexibility index (Phi) is 7.66. The molecule has 2 aromatic carbocycles. The zero-order valence-electron chi connectivity index (χ0n) is 17.8. The van der Waals surface area contributed by atoms with E-state index in [1.807, 2.05) is 30.3 Å². The highest BCUT2D eigenvalue weighted by molar-refractivity contribution is 5.99. The van der Waals surface area contributed by atoms with Crippen LogP contribution in [0.5, 0.6) is 0 Å². The molecule has 2 amide bonds. The van der Waals surface area contributed by atoms with Crippen molar-refractivity contribution >= 4 is 11.8 Å². The molecular formula is C24H22F3N3O3. The molecule has 0 bridgehead atoms. The van der Waals surface area contributed by atoms with E-state index < -0.39 is 34.7 Å². The van der Waals surface area contributed by atoms with Crippen LogP contribution in [0.2, 0.25) is 0 Å². The van der Waals surface area contributed by atoms with Gasteiger partial charge in [-0.2, -0.15) is 0 Å². The van der Waals surface area contributed by atoms with Gasteiger partial charge in [-0.3, -0.25) is 14.4 Å². The first-order chi connectivity index (χ1) is 15.8. The van der Waals surface area contributed by atoms with Crippen LogP contribution in [-0.2, 0) is 19.5 Å². The molecule has 1 aromatic heterocycles. The second-order valence-corrected chi connectivity index (χ2v) is 7.38. The molecule has 9 heteroatoms. The van der Waals surface area contributed by atoms with E-state index in [2.05, 4.69) is 10.6 Å². The number of halogens is 3. The molecule has 6 nitrogen and oxygen atoms in total. The smallest absolute Gasteiger partial charge is 0.257 e. The number of hydrogen-bond donors (Lipinski definition) is 2. The Morgan fingerprint density at radius 3 is 2.12 bits per heavy atom. The minimum absolute atomic E-state index is 0.0228. The molecule has 0 atom stereocenters. The lowest BCUT2D eigenvalue weighted by Crippen LogP contribution is -2.34. The Morgan fingerprint density at radius 2 is 1.52 bits per heavy atom. The monoisotopic (exact) mass is 457 g/mol. The third-order valence-corrected chi connectivity index (χ3v) is 5.02. The van der Waals surface area contributed by atoms with Gasteiger partial charge in [0.1, 0.15) is 11.1 Å². The molecule has 0 saturated heterocycles. The predicted octanol–water partition coefficient (Wildman–Crippen LogP) is 3.19. The molecule has 2 N–H and O–H groups in total. The van der Waals surface area contributed by atoms with Crippen molar-refractivity contribution in [1.82, 2.24) is 15.2 Å². The molecule has 0 radical (unpaired) electrons. The van der Waals surface area contributed by atoms with Crippen molar-refractivity contribution in [3.63, 3.8) is 0 Å². The summed E-state index contributed by atoms with van der Waals surface area (Å²) in [7, 11) is 1.37. The van der Waals surface area contributed by atoms with Crippen LogP contribution in [0.3, 0.4) is 0 Å². The number of aromatic nitrogens is 1. The standard InChI is InChI=1S/C24H22F3N3O3/c1-28-23(32)17-13-30(9-5-8-15-6-3-2-4-7-15)14-18(22(17)31)24(33)29-12-16-10-19(25)21(27)20(26)11-16/h2-4,6-7,10-11,13-14H,5,8-9,12H2,1H3,(H,28,32)(H,29,33). The molecule has 0 aliphatic heterocycles. The number of nitrogens with one attached hydrogen (secondary N) is 2. The first kappa shape index (κ1) is 23.8. The van der Waals surface area contributed by atoms with Crippen molar-refractivity contribution in [2.75, 3.05) is 7.05 Å². The van der Waals surface area contributed by atoms with E-state index >= 15 is 0 Å². The molecule has 0 spiro atoms. The van der Waals surface area contributed by atoms with E-state index in [1.165, 1.54) is 19.4 Å². The third-order valence-electron chi connectivity index (χ3n) is 5.02. The molecule has 0 fully saturated rings. The van der Waals surface area contributed by atoms with Gasteiger partial charge in [0, 0.05) is 32.5 Å². The fraction of sp³-hybridized carbons (Fsp3) is 0.208. The Labute approximate surface area is 188 Å². The highest BCUT2D eigenvalue weighted by atomic mass is 19.2. The van der Waals surface area contributed by atoms with Gasteiger partial charge in [-0.15, -0.1) is 0 Å². The number of hydrogen-bond acceptors (Lipinski definition) is 3. The second kappa shape index (κ2) is 10.6. The van der Waals surface area contributed by atoms with E-state index in [4.69, 9.17) is 0 Å². The number of nitrogens with zero attached hydrogens (tertiary/aromatic N) is 1. The Bertz CT molecular complexity index is 1200. The number of pyridine rings is 1. The van der Waals surface area contributed by atoms with Crippen molar-refractivity contribution in [3.05, 3.63) is 105 Å². The summed E-state index contributed by atoms with van der Waals surface area (Å²) in [6, 6.07) is 11.3. The first-order valence-corrected chi connectivity index (χ1v) is 10.2. The van der Waals surface area contributed by atoms with Crippen LogP contribution in [0.25, 0.3) is 0 Å². The first-order valence-electron chi connectivity index (χ1n) is 10.2. The average molecular weight is 457 g/mol. The third kappa shape index (κ3) is 5.88. The van der Waals surface area contributed by atoms with Crippen molar-refractivity contribution in [2.45, 2.75) is 25.9 Å². The number of aryl methyl sites for hydroxylation is 2. The molecular weight excluding hydrogens is 435 g/mol. The maximum atomic E-state index is 13.4. The molecule has 33 heavy (non-hydrogen) atoms. The summed E-state index contributed by atoms with van der Waals surface area (Å²) in [5, 5.41) is 4.75. The molecule has 172 valence electrons. The summed E-state index contributed by atoms with van der Waals surface area (Å²) >= 11 is 0. The normalized spacial score (nSPS) is 10.7. The van der Waals surface area contributed by atoms with Gasteiger partial charge < -0.3 is 15.2 Å². The fourth-order valence-electron chi connectivity index (χ4n) is 3.32.